The largest absolute Gasteiger partial charge is 0.508 e. The summed E-state index contributed by atoms with van der Waals surface area (Å²) in [6, 6.07) is 7.16. The highest BCUT2D eigenvalue weighted by molar-refractivity contribution is 5.38. The molecule has 0 saturated carbocycles. The van der Waals surface area contributed by atoms with Crippen molar-refractivity contribution in [3.05, 3.63) is 29.3 Å². The van der Waals surface area contributed by atoms with E-state index in [1.165, 1.54) is 49.8 Å². The molecule has 1 fully saturated rings. The minimum absolute atomic E-state index is 0.420. The summed E-state index contributed by atoms with van der Waals surface area (Å²) in [4.78, 5) is 2.69. The van der Waals surface area contributed by atoms with Crippen molar-refractivity contribution >= 4 is 0 Å². The molecule has 0 amide bonds. The van der Waals surface area contributed by atoms with Gasteiger partial charge in [0.1, 0.15) is 5.75 Å². The summed E-state index contributed by atoms with van der Waals surface area (Å²) in [7, 11) is 0. The molecule has 3 rings (SSSR count). The quantitative estimate of drug-likeness (QED) is 0.827. The second-order valence-corrected chi connectivity index (χ2v) is 6.52. The lowest BCUT2D eigenvalue weighted by molar-refractivity contribution is 0.0675. The average molecular weight is 259 g/mol. The van der Waals surface area contributed by atoms with E-state index in [0.29, 0.717) is 17.8 Å². The Bertz CT molecular complexity index is 457. The molecule has 1 saturated heterocycles. The third-order valence-electron chi connectivity index (χ3n) is 4.98. The van der Waals surface area contributed by atoms with E-state index < -0.39 is 0 Å². The van der Waals surface area contributed by atoms with Crippen LogP contribution in [0, 0.1) is 5.92 Å². The Hall–Kier alpha value is -1.02. The Morgan fingerprint density at radius 1 is 1.16 bits per heavy atom. The number of phenolic OH excluding ortho intramolecular Hbond substituents is 1. The molecule has 1 aliphatic heterocycles. The van der Waals surface area contributed by atoms with Crippen molar-refractivity contribution in [1.29, 1.82) is 0 Å². The van der Waals surface area contributed by atoms with Crippen LogP contribution in [-0.2, 0) is 6.42 Å². The van der Waals surface area contributed by atoms with Crippen LogP contribution in [-0.4, -0.2) is 22.6 Å². The second-order valence-electron chi connectivity index (χ2n) is 6.52. The molecule has 2 aliphatic rings. The maximum Gasteiger partial charge on any atom is 0.115 e. The molecule has 1 N–H and O–H groups in total. The molecule has 3 atom stereocenters. The van der Waals surface area contributed by atoms with Crippen molar-refractivity contribution < 1.29 is 5.11 Å². The lowest BCUT2D eigenvalue weighted by Gasteiger charge is -2.44. The SMILES string of the molecule is CC1CCC(C)N(C2CCCc3ccc(O)cc32)C1. The Morgan fingerprint density at radius 2 is 2.00 bits per heavy atom. The number of piperidine rings is 1. The first-order valence-corrected chi connectivity index (χ1v) is 7.72. The van der Waals surface area contributed by atoms with Gasteiger partial charge in [-0.2, -0.15) is 0 Å². The third kappa shape index (κ3) is 2.51. The minimum Gasteiger partial charge on any atom is -0.508 e. The van der Waals surface area contributed by atoms with Gasteiger partial charge in [-0.05, 0) is 68.2 Å². The van der Waals surface area contributed by atoms with Gasteiger partial charge in [0, 0.05) is 18.6 Å². The van der Waals surface area contributed by atoms with Crippen molar-refractivity contribution in [3.63, 3.8) is 0 Å². The number of fused-ring (bicyclic) bond motifs is 1. The van der Waals surface area contributed by atoms with Crippen LogP contribution in [0.5, 0.6) is 5.75 Å². The molecule has 1 aromatic rings. The van der Waals surface area contributed by atoms with E-state index in [1.54, 1.807) is 0 Å². The van der Waals surface area contributed by atoms with Crippen molar-refractivity contribution in [2.24, 2.45) is 5.92 Å². The molecular weight excluding hydrogens is 234 g/mol. The molecule has 0 bridgehead atoms. The van der Waals surface area contributed by atoms with Gasteiger partial charge in [-0.1, -0.05) is 13.0 Å². The predicted octanol–water partition coefficient (Wildman–Crippen LogP) is 3.89. The van der Waals surface area contributed by atoms with Crippen LogP contribution in [0.1, 0.15) is 56.7 Å². The fourth-order valence-corrected chi connectivity index (χ4v) is 3.86. The third-order valence-corrected chi connectivity index (χ3v) is 4.98. The summed E-state index contributed by atoms with van der Waals surface area (Å²) in [6.45, 7) is 5.94. The van der Waals surface area contributed by atoms with Crippen LogP contribution < -0.4 is 0 Å². The van der Waals surface area contributed by atoms with E-state index >= 15 is 0 Å². The Labute approximate surface area is 116 Å². The second kappa shape index (κ2) is 5.16. The van der Waals surface area contributed by atoms with E-state index in [0.717, 1.165) is 5.92 Å². The van der Waals surface area contributed by atoms with Gasteiger partial charge in [-0.3, -0.25) is 4.90 Å². The topological polar surface area (TPSA) is 23.5 Å². The molecule has 1 heterocycles. The lowest BCUT2D eigenvalue weighted by Crippen LogP contribution is -2.44. The molecule has 1 aromatic carbocycles. The summed E-state index contributed by atoms with van der Waals surface area (Å²) in [5.41, 5.74) is 2.83. The van der Waals surface area contributed by atoms with E-state index in [4.69, 9.17) is 0 Å². The fourth-order valence-electron chi connectivity index (χ4n) is 3.86. The maximum absolute atomic E-state index is 9.80. The van der Waals surface area contributed by atoms with Gasteiger partial charge >= 0.3 is 0 Å². The number of benzene rings is 1. The normalized spacial score (nSPS) is 32.0. The van der Waals surface area contributed by atoms with Crippen molar-refractivity contribution in [2.45, 2.75) is 58.0 Å². The van der Waals surface area contributed by atoms with Crippen LogP contribution >= 0.6 is 0 Å². The summed E-state index contributed by atoms with van der Waals surface area (Å²) in [5, 5.41) is 9.80. The number of hydrogen-bond acceptors (Lipinski definition) is 2. The van der Waals surface area contributed by atoms with Gasteiger partial charge in [-0.25, -0.2) is 0 Å². The Balaban J connectivity index is 1.91. The average Bonchev–Trinajstić information content (AvgIpc) is 2.41. The van der Waals surface area contributed by atoms with Crippen LogP contribution in [0.25, 0.3) is 0 Å². The minimum atomic E-state index is 0.420. The highest BCUT2D eigenvalue weighted by Gasteiger charge is 2.32. The highest BCUT2D eigenvalue weighted by Crippen LogP contribution is 2.39. The molecule has 19 heavy (non-hydrogen) atoms. The van der Waals surface area contributed by atoms with E-state index in [-0.39, 0.29) is 0 Å². The molecule has 0 radical (unpaired) electrons. The summed E-state index contributed by atoms with van der Waals surface area (Å²) in [5.74, 6) is 1.22. The number of phenols is 1. The lowest BCUT2D eigenvalue weighted by atomic mass is 9.83. The smallest absolute Gasteiger partial charge is 0.115 e. The van der Waals surface area contributed by atoms with Gasteiger partial charge in [0.25, 0.3) is 0 Å². The van der Waals surface area contributed by atoms with E-state index in [1.807, 2.05) is 12.1 Å². The van der Waals surface area contributed by atoms with Gasteiger partial charge in [0.05, 0.1) is 0 Å². The van der Waals surface area contributed by atoms with Crippen LogP contribution in [0.3, 0.4) is 0 Å². The molecule has 2 nitrogen and oxygen atoms in total. The maximum atomic E-state index is 9.80. The fraction of sp³-hybridized carbons (Fsp3) is 0.647. The first-order chi connectivity index (χ1) is 9.15. The number of aromatic hydroxyl groups is 1. The number of nitrogens with zero attached hydrogens (tertiary/aromatic N) is 1. The molecule has 1 aliphatic carbocycles. The zero-order valence-corrected chi connectivity index (χ0v) is 12.1. The van der Waals surface area contributed by atoms with Crippen LogP contribution in [0.15, 0.2) is 18.2 Å². The number of aryl methyl sites for hydroxylation is 1. The standard InChI is InChI=1S/C17H25NO/c1-12-6-7-13(2)18(11-12)17-5-3-4-14-8-9-15(19)10-16(14)17/h8-10,12-13,17,19H,3-7,11H2,1-2H3. The zero-order valence-electron chi connectivity index (χ0n) is 12.1. The molecule has 0 spiro atoms. The van der Waals surface area contributed by atoms with Crippen molar-refractivity contribution in [2.75, 3.05) is 6.54 Å². The molecule has 104 valence electrons. The molecular formula is C17H25NO. The van der Waals surface area contributed by atoms with Crippen LogP contribution in [0.2, 0.25) is 0 Å². The molecule has 0 aromatic heterocycles. The number of hydrogen-bond donors (Lipinski definition) is 1. The van der Waals surface area contributed by atoms with Crippen molar-refractivity contribution in [1.82, 2.24) is 4.90 Å². The summed E-state index contributed by atoms with van der Waals surface area (Å²) < 4.78 is 0. The van der Waals surface area contributed by atoms with Crippen LogP contribution in [0.4, 0.5) is 0 Å². The Kier molecular flexibility index (Phi) is 3.53. The first kappa shape index (κ1) is 13.0. The summed E-state index contributed by atoms with van der Waals surface area (Å²) >= 11 is 0. The zero-order chi connectivity index (χ0) is 13.4. The van der Waals surface area contributed by atoms with E-state index in [2.05, 4.69) is 24.8 Å². The van der Waals surface area contributed by atoms with Gasteiger partial charge in [0.15, 0.2) is 0 Å². The summed E-state index contributed by atoms with van der Waals surface area (Å²) in [6.07, 6.45) is 6.36. The van der Waals surface area contributed by atoms with E-state index in [9.17, 15) is 5.11 Å². The number of likely N-dealkylation sites (tertiary alicyclic amines) is 1. The predicted molar refractivity (Wildman–Crippen MR) is 78.4 cm³/mol. The van der Waals surface area contributed by atoms with Gasteiger partial charge in [0.2, 0.25) is 0 Å². The number of rotatable bonds is 1. The highest BCUT2D eigenvalue weighted by atomic mass is 16.3. The Morgan fingerprint density at radius 3 is 2.84 bits per heavy atom. The van der Waals surface area contributed by atoms with Crippen molar-refractivity contribution in [3.8, 4) is 5.75 Å². The molecule has 3 unspecified atom stereocenters. The van der Waals surface area contributed by atoms with Gasteiger partial charge in [-0.15, -0.1) is 0 Å². The monoisotopic (exact) mass is 259 g/mol. The van der Waals surface area contributed by atoms with Gasteiger partial charge < -0.3 is 5.11 Å². The molecule has 2 heteroatoms. The first-order valence-electron chi connectivity index (χ1n) is 7.72.